The standard InChI is InChI=1S/C22H24ClN3O5S/c1-14(15-6-3-2-4-7-15)12-24-22(28)18-8-5-9-26(18)32(29,30)20-11-19-17(10-16(20)23)25-21(27)13-31-19/h2-4,6-7,10-11,14,18H,5,8-9,12-13H2,1H3,(H,24,28)(H,25,27). The van der Waals surface area contributed by atoms with Crippen molar-refractivity contribution in [1.29, 1.82) is 0 Å². The molecule has 0 radical (unpaired) electrons. The molecule has 2 heterocycles. The van der Waals surface area contributed by atoms with Crippen LogP contribution < -0.4 is 15.4 Å². The van der Waals surface area contributed by atoms with Gasteiger partial charge in [0.25, 0.3) is 5.91 Å². The lowest BCUT2D eigenvalue weighted by Crippen LogP contribution is -2.46. The molecular formula is C22H24ClN3O5S. The van der Waals surface area contributed by atoms with Gasteiger partial charge in [-0.05, 0) is 30.4 Å². The zero-order valence-electron chi connectivity index (χ0n) is 17.5. The van der Waals surface area contributed by atoms with Crippen LogP contribution in [0.1, 0.15) is 31.2 Å². The monoisotopic (exact) mass is 477 g/mol. The lowest BCUT2D eigenvalue weighted by Gasteiger charge is -2.26. The summed E-state index contributed by atoms with van der Waals surface area (Å²) in [5.74, 6) is -0.352. The summed E-state index contributed by atoms with van der Waals surface area (Å²) in [5.41, 5.74) is 1.41. The first-order chi connectivity index (χ1) is 15.3. The lowest BCUT2D eigenvalue weighted by molar-refractivity contribution is -0.124. The molecule has 1 fully saturated rings. The van der Waals surface area contributed by atoms with Gasteiger partial charge < -0.3 is 15.4 Å². The van der Waals surface area contributed by atoms with Crippen LogP contribution in [0.4, 0.5) is 5.69 Å². The Bertz CT molecular complexity index is 1140. The van der Waals surface area contributed by atoms with Gasteiger partial charge in [0.05, 0.1) is 10.7 Å². The predicted octanol–water partition coefficient (Wildman–Crippen LogP) is 2.74. The highest BCUT2D eigenvalue weighted by Crippen LogP contribution is 2.38. The molecule has 2 aliphatic rings. The van der Waals surface area contributed by atoms with Crippen molar-refractivity contribution in [3.8, 4) is 5.75 Å². The Morgan fingerprint density at radius 1 is 1.31 bits per heavy atom. The molecule has 170 valence electrons. The molecular weight excluding hydrogens is 454 g/mol. The van der Waals surface area contributed by atoms with Gasteiger partial charge in [-0.15, -0.1) is 0 Å². The number of benzene rings is 2. The van der Waals surface area contributed by atoms with E-state index in [9.17, 15) is 18.0 Å². The van der Waals surface area contributed by atoms with Gasteiger partial charge in [0, 0.05) is 19.2 Å². The third-order valence-electron chi connectivity index (χ3n) is 5.71. The molecule has 4 rings (SSSR count). The predicted molar refractivity (Wildman–Crippen MR) is 120 cm³/mol. The average Bonchev–Trinajstić information content (AvgIpc) is 3.28. The van der Waals surface area contributed by atoms with Crippen molar-refractivity contribution in [2.75, 3.05) is 25.0 Å². The number of nitrogens with zero attached hydrogens (tertiary/aromatic N) is 1. The van der Waals surface area contributed by atoms with Gasteiger partial charge in [0.2, 0.25) is 15.9 Å². The molecule has 32 heavy (non-hydrogen) atoms. The van der Waals surface area contributed by atoms with E-state index in [1.165, 1.54) is 16.4 Å². The van der Waals surface area contributed by atoms with E-state index in [2.05, 4.69) is 10.6 Å². The maximum Gasteiger partial charge on any atom is 0.262 e. The Hall–Kier alpha value is -2.62. The first-order valence-corrected chi connectivity index (χ1v) is 12.2. The Balaban J connectivity index is 1.51. The molecule has 1 saturated heterocycles. The van der Waals surface area contributed by atoms with Crippen molar-refractivity contribution in [2.45, 2.75) is 36.6 Å². The molecule has 0 bridgehead atoms. The van der Waals surface area contributed by atoms with Gasteiger partial charge in [-0.1, -0.05) is 48.9 Å². The minimum Gasteiger partial charge on any atom is -0.482 e. The smallest absolute Gasteiger partial charge is 0.262 e. The number of amides is 2. The van der Waals surface area contributed by atoms with E-state index in [1.54, 1.807) is 0 Å². The number of hydrogen-bond acceptors (Lipinski definition) is 5. The van der Waals surface area contributed by atoms with Gasteiger partial charge in [0.15, 0.2) is 6.61 Å². The third-order valence-corrected chi connectivity index (χ3v) is 8.08. The highest BCUT2D eigenvalue weighted by molar-refractivity contribution is 7.89. The van der Waals surface area contributed by atoms with E-state index in [4.69, 9.17) is 16.3 Å². The fourth-order valence-corrected chi connectivity index (χ4v) is 6.14. The molecule has 0 aliphatic carbocycles. The Labute approximate surface area is 191 Å². The number of carbonyl (C=O) groups excluding carboxylic acids is 2. The van der Waals surface area contributed by atoms with Crippen LogP contribution in [-0.2, 0) is 19.6 Å². The fraction of sp³-hybridized carbons (Fsp3) is 0.364. The number of rotatable bonds is 6. The van der Waals surface area contributed by atoms with Gasteiger partial charge in [-0.2, -0.15) is 4.31 Å². The van der Waals surface area contributed by atoms with Crippen LogP contribution in [0.5, 0.6) is 5.75 Å². The van der Waals surface area contributed by atoms with E-state index in [0.717, 1.165) is 5.56 Å². The molecule has 2 amide bonds. The summed E-state index contributed by atoms with van der Waals surface area (Å²) >= 11 is 6.26. The summed E-state index contributed by atoms with van der Waals surface area (Å²) in [6.45, 7) is 2.42. The summed E-state index contributed by atoms with van der Waals surface area (Å²) in [6, 6.07) is 11.6. The molecule has 2 N–H and O–H groups in total. The summed E-state index contributed by atoms with van der Waals surface area (Å²) in [5, 5.41) is 5.45. The van der Waals surface area contributed by atoms with Crippen molar-refractivity contribution in [3.05, 3.63) is 53.1 Å². The summed E-state index contributed by atoms with van der Waals surface area (Å²) in [6.07, 6.45) is 1.00. The van der Waals surface area contributed by atoms with Crippen molar-refractivity contribution in [2.24, 2.45) is 0 Å². The van der Waals surface area contributed by atoms with Gasteiger partial charge >= 0.3 is 0 Å². The number of hydrogen-bond donors (Lipinski definition) is 2. The number of anilines is 1. The van der Waals surface area contributed by atoms with Gasteiger partial charge in [-0.25, -0.2) is 8.42 Å². The van der Waals surface area contributed by atoms with Crippen LogP contribution >= 0.6 is 11.6 Å². The number of nitrogens with one attached hydrogen (secondary N) is 2. The molecule has 2 atom stereocenters. The van der Waals surface area contributed by atoms with Crippen molar-refractivity contribution in [1.82, 2.24) is 9.62 Å². The van der Waals surface area contributed by atoms with Crippen LogP contribution in [0.2, 0.25) is 5.02 Å². The highest BCUT2D eigenvalue weighted by atomic mass is 35.5. The van der Waals surface area contributed by atoms with E-state index in [-0.39, 0.29) is 46.6 Å². The second-order valence-corrected chi connectivity index (χ2v) is 10.2. The average molecular weight is 478 g/mol. The lowest BCUT2D eigenvalue weighted by atomic mass is 10.0. The zero-order valence-corrected chi connectivity index (χ0v) is 19.1. The SMILES string of the molecule is CC(CNC(=O)C1CCCN1S(=O)(=O)c1cc2c(cc1Cl)NC(=O)CO2)c1ccccc1. The first-order valence-electron chi connectivity index (χ1n) is 10.4. The number of carbonyl (C=O) groups is 2. The van der Waals surface area contributed by atoms with Crippen LogP contribution in [0, 0.1) is 0 Å². The maximum absolute atomic E-state index is 13.4. The topological polar surface area (TPSA) is 105 Å². The molecule has 2 unspecified atom stereocenters. The molecule has 2 aliphatic heterocycles. The maximum atomic E-state index is 13.4. The number of halogens is 1. The second kappa shape index (κ2) is 9.09. The number of sulfonamides is 1. The molecule has 8 nitrogen and oxygen atoms in total. The van der Waals surface area contributed by atoms with Crippen molar-refractivity contribution < 1.29 is 22.7 Å². The van der Waals surface area contributed by atoms with Crippen LogP contribution in [-0.4, -0.2) is 50.3 Å². The molecule has 0 aromatic heterocycles. The van der Waals surface area contributed by atoms with Crippen LogP contribution in [0.3, 0.4) is 0 Å². The van der Waals surface area contributed by atoms with E-state index in [0.29, 0.717) is 25.1 Å². The minimum absolute atomic E-state index is 0.0432. The largest absolute Gasteiger partial charge is 0.482 e. The molecule has 10 heteroatoms. The van der Waals surface area contributed by atoms with Crippen molar-refractivity contribution >= 4 is 39.1 Å². The second-order valence-electron chi connectivity index (χ2n) is 7.95. The summed E-state index contributed by atoms with van der Waals surface area (Å²) in [7, 11) is -4.05. The quantitative estimate of drug-likeness (QED) is 0.665. The van der Waals surface area contributed by atoms with Crippen LogP contribution in [0.15, 0.2) is 47.4 Å². The summed E-state index contributed by atoms with van der Waals surface area (Å²) in [4.78, 5) is 24.2. The molecule has 0 saturated carbocycles. The number of fused-ring (bicyclic) bond motifs is 1. The Kier molecular flexibility index (Phi) is 6.41. The highest BCUT2D eigenvalue weighted by Gasteiger charge is 2.41. The van der Waals surface area contributed by atoms with Gasteiger partial charge in [-0.3, -0.25) is 9.59 Å². The van der Waals surface area contributed by atoms with Crippen LogP contribution in [0.25, 0.3) is 0 Å². The number of ether oxygens (including phenoxy) is 1. The van der Waals surface area contributed by atoms with Gasteiger partial charge in [0.1, 0.15) is 16.7 Å². The fourth-order valence-electron chi connectivity index (χ4n) is 3.97. The first kappa shape index (κ1) is 22.6. The normalized spacial score (nSPS) is 19.6. The minimum atomic E-state index is -4.05. The Morgan fingerprint density at radius 2 is 2.06 bits per heavy atom. The molecule has 0 spiro atoms. The Morgan fingerprint density at radius 3 is 2.81 bits per heavy atom. The molecule has 2 aromatic carbocycles. The summed E-state index contributed by atoms with van der Waals surface area (Å²) < 4.78 is 33.3. The van der Waals surface area contributed by atoms with Crippen molar-refractivity contribution in [3.63, 3.8) is 0 Å². The molecule has 2 aromatic rings. The van der Waals surface area contributed by atoms with E-state index < -0.39 is 16.1 Å². The zero-order chi connectivity index (χ0) is 22.9. The van der Waals surface area contributed by atoms with E-state index >= 15 is 0 Å². The third kappa shape index (κ3) is 4.46. The van der Waals surface area contributed by atoms with E-state index in [1.807, 2.05) is 37.3 Å².